The maximum absolute atomic E-state index is 14.6. The van der Waals surface area contributed by atoms with Gasteiger partial charge in [-0.25, -0.2) is 0 Å². The van der Waals surface area contributed by atoms with Gasteiger partial charge in [0.05, 0.1) is 31.2 Å². The highest BCUT2D eigenvalue weighted by molar-refractivity contribution is 5.99. The van der Waals surface area contributed by atoms with Crippen LogP contribution in [-0.2, 0) is 28.7 Å². The van der Waals surface area contributed by atoms with Crippen LogP contribution < -0.4 is 5.32 Å². The summed E-state index contributed by atoms with van der Waals surface area (Å²) >= 11 is 0. The zero-order chi connectivity index (χ0) is 29.9. The van der Waals surface area contributed by atoms with Crippen molar-refractivity contribution >= 4 is 23.7 Å². The quantitative estimate of drug-likeness (QED) is 0.289. The summed E-state index contributed by atoms with van der Waals surface area (Å²) in [6.45, 7) is 4.29. The Balaban J connectivity index is 1.59. The fourth-order valence-corrected chi connectivity index (χ4v) is 6.74. The number of amides is 3. The predicted octanol–water partition coefficient (Wildman–Crippen LogP) is 2.29. The molecule has 226 valence electrons. The second kappa shape index (κ2) is 12.8. The van der Waals surface area contributed by atoms with Gasteiger partial charge in [-0.3, -0.25) is 19.2 Å². The predicted molar refractivity (Wildman–Crippen MR) is 154 cm³/mol. The molecule has 0 aromatic heterocycles. The number of nitrogens with one attached hydrogen (secondary N) is 1. The van der Waals surface area contributed by atoms with Gasteiger partial charge in [0.15, 0.2) is 0 Å². The smallest absolute Gasteiger partial charge is 0.313 e. The van der Waals surface area contributed by atoms with Crippen molar-refractivity contribution in [1.82, 2.24) is 15.1 Å². The Morgan fingerprint density at radius 2 is 1.88 bits per heavy atom. The van der Waals surface area contributed by atoms with Gasteiger partial charge in [0.1, 0.15) is 23.7 Å². The lowest BCUT2D eigenvalue weighted by Gasteiger charge is -2.39. The molecule has 0 unspecified atom stereocenters. The van der Waals surface area contributed by atoms with Crippen LogP contribution in [0.4, 0.5) is 0 Å². The molecular formula is C32H41N3O7. The van der Waals surface area contributed by atoms with Crippen molar-refractivity contribution in [2.45, 2.75) is 75.8 Å². The van der Waals surface area contributed by atoms with E-state index in [0.717, 1.165) is 19.3 Å². The van der Waals surface area contributed by atoms with E-state index in [2.05, 4.69) is 12.2 Å². The fraction of sp³-hybridized carbons (Fsp3) is 0.562. The molecule has 0 radical (unpaired) electrons. The van der Waals surface area contributed by atoms with Gasteiger partial charge in [-0.05, 0) is 25.3 Å². The van der Waals surface area contributed by atoms with Gasteiger partial charge in [-0.15, -0.1) is 0 Å². The van der Waals surface area contributed by atoms with Crippen LogP contribution >= 0.6 is 0 Å². The molecule has 1 aromatic rings. The first-order valence-electron chi connectivity index (χ1n) is 15.1. The van der Waals surface area contributed by atoms with E-state index in [1.54, 1.807) is 24.0 Å². The van der Waals surface area contributed by atoms with E-state index in [0.29, 0.717) is 25.1 Å². The number of allylic oxidation sites excluding steroid dienone is 1. The molecule has 4 aliphatic heterocycles. The first kappa shape index (κ1) is 30.0. The van der Waals surface area contributed by atoms with Gasteiger partial charge < -0.3 is 29.7 Å². The molecule has 0 aliphatic carbocycles. The van der Waals surface area contributed by atoms with Gasteiger partial charge in [-0.1, -0.05) is 74.4 Å². The normalized spacial score (nSPS) is 33.0. The molecule has 4 heterocycles. The number of cyclic esters (lactones) is 1. The largest absolute Gasteiger partial charge is 0.460 e. The lowest BCUT2D eigenvalue weighted by Crippen LogP contribution is -2.56. The third-order valence-corrected chi connectivity index (χ3v) is 8.79. The number of ether oxygens (including phenoxy) is 2. The van der Waals surface area contributed by atoms with E-state index in [-0.39, 0.29) is 24.8 Å². The number of rotatable bonds is 7. The van der Waals surface area contributed by atoms with Crippen LogP contribution in [0.15, 0.2) is 54.6 Å². The summed E-state index contributed by atoms with van der Waals surface area (Å²) in [6.07, 6.45) is 9.39. The number of carbonyl (C=O) groups is 4. The Morgan fingerprint density at radius 3 is 2.62 bits per heavy atom. The molecule has 42 heavy (non-hydrogen) atoms. The molecule has 0 saturated carbocycles. The number of fused-ring (bicyclic) bond motifs is 2. The Kier molecular flexibility index (Phi) is 9.13. The van der Waals surface area contributed by atoms with Gasteiger partial charge >= 0.3 is 5.97 Å². The third kappa shape index (κ3) is 5.49. The first-order chi connectivity index (χ1) is 20.3. The van der Waals surface area contributed by atoms with E-state index in [9.17, 15) is 24.3 Å². The first-order valence-corrected chi connectivity index (χ1v) is 15.1. The van der Waals surface area contributed by atoms with E-state index < -0.39 is 60.2 Å². The molecule has 1 spiro atoms. The SMILES string of the molecule is CCCCCN1C/C=C\CCC(=O)NC[C@H](C)OC(=O)[C@@H]2[C@H]3C(=O)N([C@H](CO)c4ccccc4)[C@H](C1=O)[C@]31C=C[C@H]2O1. The summed E-state index contributed by atoms with van der Waals surface area (Å²) in [7, 11) is 0. The van der Waals surface area contributed by atoms with Crippen LogP contribution in [0, 0.1) is 11.8 Å². The minimum absolute atomic E-state index is 0.144. The van der Waals surface area contributed by atoms with E-state index in [1.807, 2.05) is 42.5 Å². The second-order valence-corrected chi connectivity index (χ2v) is 11.6. The third-order valence-electron chi connectivity index (χ3n) is 8.79. The number of hydrogen-bond donors (Lipinski definition) is 2. The van der Waals surface area contributed by atoms with Crippen LogP contribution in [0.25, 0.3) is 0 Å². The van der Waals surface area contributed by atoms with E-state index >= 15 is 0 Å². The Labute approximate surface area is 246 Å². The molecule has 3 amide bonds. The average Bonchev–Trinajstić information content (AvgIpc) is 3.63. The van der Waals surface area contributed by atoms with Gasteiger partial charge in [-0.2, -0.15) is 0 Å². The minimum Gasteiger partial charge on any atom is -0.460 e. The van der Waals surface area contributed by atoms with Crippen molar-refractivity contribution in [1.29, 1.82) is 0 Å². The molecule has 1 aromatic carbocycles. The number of aliphatic hydroxyl groups is 1. The van der Waals surface area contributed by atoms with Gasteiger partial charge in [0, 0.05) is 19.5 Å². The Bertz CT molecular complexity index is 1230. The van der Waals surface area contributed by atoms with Crippen LogP contribution in [0.1, 0.15) is 57.6 Å². The molecule has 10 nitrogen and oxygen atoms in total. The van der Waals surface area contributed by atoms with Crippen molar-refractivity contribution in [3.63, 3.8) is 0 Å². The highest BCUT2D eigenvalue weighted by Gasteiger charge is 2.74. The maximum atomic E-state index is 14.6. The molecule has 4 aliphatic rings. The van der Waals surface area contributed by atoms with Crippen LogP contribution in [-0.4, -0.2) is 88.7 Å². The number of nitrogens with zero attached hydrogens (tertiary/aromatic N) is 2. The van der Waals surface area contributed by atoms with Crippen molar-refractivity contribution < 1.29 is 33.8 Å². The van der Waals surface area contributed by atoms with Gasteiger partial charge in [0.2, 0.25) is 17.7 Å². The summed E-state index contributed by atoms with van der Waals surface area (Å²) in [5.74, 6) is -3.43. The number of hydrogen-bond acceptors (Lipinski definition) is 7. The van der Waals surface area contributed by atoms with Crippen molar-refractivity contribution in [3.05, 3.63) is 60.2 Å². The highest BCUT2D eigenvalue weighted by atomic mass is 16.6. The fourth-order valence-electron chi connectivity index (χ4n) is 6.74. The zero-order valence-corrected chi connectivity index (χ0v) is 24.3. The molecule has 2 saturated heterocycles. The lowest BCUT2D eigenvalue weighted by molar-refractivity contribution is -0.159. The molecule has 5 rings (SSSR count). The standard InChI is InChI=1S/C32H41N3O7/c1-3-4-10-17-34-18-11-6-9-14-25(37)33-19-21(2)41-31(40)26-24-15-16-32(42-24)27(26)29(38)35(28(32)30(34)39)23(20-36)22-12-7-5-8-13-22/h5-8,11-13,15-16,21,23-24,26-28,36H,3-4,9-10,14,17-20H2,1-2H3,(H,33,37)/b11-6-/t21-,23+,24+,26-,27-,28+,32-/m0/s1. The van der Waals surface area contributed by atoms with Crippen LogP contribution in [0.5, 0.6) is 0 Å². The minimum atomic E-state index is -1.37. The van der Waals surface area contributed by atoms with E-state index in [1.165, 1.54) is 4.90 Å². The second-order valence-electron chi connectivity index (χ2n) is 11.6. The Hall–Kier alpha value is -3.50. The summed E-state index contributed by atoms with van der Waals surface area (Å²) in [4.78, 5) is 58.2. The molecule has 2 fully saturated rings. The zero-order valence-electron chi connectivity index (χ0n) is 24.3. The molecule has 10 heteroatoms. The topological polar surface area (TPSA) is 125 Å². The Morgan fingerprint density at radius 1 is 1.10 bits per heavy atom. The summed E-state index contributed by atoms with van der Waals surface area (Å²) in [5.41, 5.74) is -0.688. The summed E-state index contributed by atoms with van der Waals surface area (Å²) in [6, 6.07) is 7.23. The molecular weight excluding hydrogens is 538 g/mol. The van der Waals surface area contributed by atoms with E-state index in [4.69, 9.17) is 9.47 Å². The summed E-state index contributed by atoms with van der Waals surface area (Å²) < 4.78 is 12.2. The highest BCUT2D eigenvalue weighted by Crippen LogP contribution is 2.57. The maximum Gasteiger partial charge on any atom is 0.313 e. The monoisotopic (exact) mass is 579 g/mol. The van der Waals surface area contributed by atoms with Crippen molar-refractivity contribution in [2.24, 2.45) is 11.8 Å². The molecule has 7 atom stereocenters. The molecule has 5 bridgehead atoms. The number of aliphatic hydroxyl groups excluding tert-OH is 1. The number of benzene rings is 1. The average molecular weight is 580 g/mol. The number of likely N-dealkylation sites (tertiary alicyclic amines) is 1. The van der Waals surface area contributed by atoms with Crippen molar-refractivity contribution in [3.8, 4) is 0 Å². The van der Waals surface area contributed by atoms with Crippen molar-refractivity contribution in [2.75, 3.05) is 26.2 Å². The lowest BCUT2D eigenvalue weighted by atomic mass is 9.74. The van der Waals surface area contributed by atoms with Crippen LogP contribution in [0.3, 0.4) is 0 Å². The van der Waals surface area contributed by atoms with Gasteiger partial charge in [0.25, 0.3) is 0 Å². The number of esters is 1. The van der Waals surface area contributed by atoms with Crippen LogP contribution in [0.2, 0.25) is 0 Å². The number of carbonyl (C=O) groups excluding carboxylic acids is 4. The number of unbranched alkanes of at least 4 members (excludes halogenated alkanes) is 2. The summed E-state index contributed by atoms with van der Waals surface area (Å²) in [5, 5.41) is 13.4. The molecule has 2 N–H and O–H groups in total.